The predicted octanol–water partition coefficient (Wildman–Crippen LogP) is 3.38. The number of halogens is 7. The molecule has 2 rings (SSSR count). The zero-order valence-electron chi connectivity index (χ0n) is 10.3. The standard InChI is InChI=1S/C3HF5.C3H2F2O3.C2H4.CH2O3/c4-1-2(5,6)3(1,7)8;4-1-2(5)8-3(6)7-1;1-2;2-1(3)4/h1H;1-2H;1-2H2;(H2,2,3,4). The highest BCUT2D eigenvalue weighted by atomic mass is 19.3. The number of alkyl halides is 7. The average molecular weight is 346 g/mol. The minimum Gasteiger partial charge on any atom is -0.450 e. The first kappa shape index (κ1) is 22.1. The summed E-state index contributed by atoms with van der Waals surface area (Å²) in [5.74, 6) is -8.79. The highest BCUT2D eigenvalue weighted by Crippen LogP contribution is 2.58. The first-order chi connectivity index (χ1) is 9.84. The van der Waals surface area contributed by atoms with Crippen LogP contribution in [0.2, 0.25) is 0 Å². The molecule has 2 fully saturated rings. The molecule has 13 heteroatoms. The van der Waals surface area contributed by atoms with Gasteiger partial charge in [-0.15, -0.1) is 13.2 Å². The molecule has 2 atom stereocenters. The van der Waals surface area contributed by atoms with Crippen molar-refractivity contribution in [3.05, 3.63) is 13.2 Å². The van der Waals surface area contributed by atoms with E-state index in [0.29, 0.717) is 0 Å². The van der Waals surface area contributed by atoms with E-state index in [1.807, 2.05) is 0 Å². The van der Waals surface area contributed by atoms with Gasteiger partial charge >= 0.3 is 36.9 Å². The molecule has 1 aliphatic heterocycles. The SMILES string of the molecule is C=C.FC1C(F)(F)C1(F)F.O=C(O)O.O=C1OC(F)C(F)O1. The van der Waals surface area contributed by atoms with Crippen molar-refractivity contribution in [1.82, 2.24) is 0 Å². The van der Waals surface area contributed by atoms with E-state index in [0.717, 1.165) is 0 Å². The Bertz CT molecular complexity index is 361. The number of ether oxygens (including phenoxy) is 2. The lowest BCUT2D eigenvalue weighted by Crippen LogP contribution is -2.09. The normalized spacial score (nSPS) is 26.4. The molecule has 6 nitrogen and oxygen atoms in total. The van der Waals surface area contributed by atoms with E-state index < -0.39 is 43.0 Å². The topological polar surface area (TPSA) is 93.1 Å². The molecule has 0 amide bonds. The molecule has 1 saturated heterocycles. The lowest BCUT2D eigenvalue weighted by molar-refractivity contribution is -0.0349. The van der Waals surface area contributed by atoms with Crippen molar-refractivity contribution in [2.45, 2.75) is 30.7 Å². The van der Waals surface area contributed by atoms with Gasteiger partial charge in [-0.1, -0.05) is 0 Å². The van der Waals surface area contributed by atoms with Crippen LogP contribution in [0, 0.1) is 0 Å². The minimum absolute atomic E-state index is 1.30. The van der Waals surface area contributed by atoms with Gasteiger partial charge in [0.2, 0.25) is 6.17 Å². The maximum Gasteiger partial charge on any atom is 0.513 e. The van der Waals surface area contributed by atoms with Gasteiger partial charge in [0, 0.05) is 0 Å². The molecule has 1 saturated carbocycles. The van der Waals surface area contributed by atoms with E-state index in [1.165, 1.54) is 0 Å². The van der Waals surface area contributed by atoms with Crippen LogP contribution in [0.5, 0.6) is 0 Å². The second-order valence-electron chi connectivity index (χ2n) is 3.08. The molecule has 1 heterocycles. The highest BCUT2D eigenvalue weighted by Gasteiger charge is 2.87. The average Bonchev–Trinajstić information content (AvgIpc) is 2.61. The molecule has 22 heavy (non-hydrogen) atoms. The van der Waals surface area contributed by atoms with Crippen molar-refractivity contribution in [2.24, 2.45) is 0 Å². The largest absolute Gasteiger partial charge is 0.513 e. The smallest absolute Gasteiger partial charge is 0.450 e. The van der Waals surface area contributed by atoms with E-state index in [9.17, 15) is 35.5 Å². The molecule has 1 aliphatic carbocycles. The number of hydrogen-bond donors (Lipinski definition) is 2. The van der Waals surface area contributed by atoms with E-state index in [2.05, 4.69) is 22.6 Å². The zero-order valence-corrected chi connectivity index (χ0v) is 10.3. The Balaban J connectivity index is 0. The minimum atomic E-state index is -4.40. The van der Waals surface area contributed by atoms with Gasteiger partial charge in [-0.25, -0.2) is 14.0 Å². The third-order valence-electron chi connectivity index (χ3n) is 1.62. The third-order valence-corrected chi connectivity index (χ3v) is 1.62. The second kappa shape index (κ2) is 8.29. The number of carbonyl (C=O) groups excluding carboxylic acids is 1. The number of rotatable bonds is 0. The number of carbonyl (C=O) groups is 2. The van der Waals surface area contributed by atoms with Gasteiger partial charge in [-0.3, -0.25) is 0 Å². The Morgan fingerprint density at radius 2 is 1.14 bits per heavy atom. The van der Waals surface area contributed by atoms with Gasteiger partial charge in [-0.05, 0) is 0 Å². The Morgan fingerprint density at radius 1 is 0.955 bits per heavy atom. The van der Waals surface area contributed by atoms with Crippen LogP contribution in [0.3, 0.4) is 0 Å². The van der Waals surface area contributed by atoms with E-state index in [-0.39, 0.29) is 0 Å². The fraction of sp³-hybridized carbons (Fsp3) is 0.556. The number of cyclic esters (lactones) is 2. The van der Waals surface area contributed by atoms with Gasteiger partial charge in [0.05, 0.1) is 0 Å². The maximum atomic E-state index is 11.6. The molecule has 130 valence electrons. The number of carboxylic acid groups (broad SMARTS) is 2. The first-order valence-electron chi connectivity index (χ1n) is 4.81. The summed E-state index contributed by atoms with van der Waals surface area (Å²) in [4.78, 5) is 18.3. The van der Waals surface area contributed by atoms with Crippen molar-refractivity contribution in [2.75, 3.05) is 0 Å². The van der Waals surface area contributed by atoms with Crippen LogP contribution >= 0.6 is 0 Å². The molecule has 0 radical (unpaired) electrons. The molecule has 0 aromatic heterocycles. The molecular weight excluding hydrogens is 337 g/mol. The van der Waals surface area contributed by atoms with Gasteiger partial charge in [0.15, 0.2) is 0 Å². The summed E-state index contributed by atoms with van der Waals surface area (Å²) in [6, 6.07) is 0. The van der Waals surface area contributed by atoms with Crippen LogP contribution in [-0.2, 0) is 9.47 Å². The van der Waals surface area contributed by atoms with Crippen LogP contribution in [0.4, 0.5) is 40.3 Å². The summed E-state index contributed by atoms with van der Waals surface area (Å²) in [5.41, 5.74) is 0. The van der Waals surface area contributed by atoms with Crippen molar-refractivity contribution < 1.29 is 60.0 Å². The Hall–Kier alpha value is -2.21. The van der Waals surface area contributed by atoms with Gasteiger partial charge in [0.1, 0.15) is 0 Å². The fourth-order valence-electron chi connectivity index (χ4n) is 0.624. The molecule has 0 aromatic rings. The molecular formula is C9H9F7O6. The molecule has 2 N–H and O–H groups in total. The van der Waals surface area contributed by atoms with Gasteiger partial charge in [-0.2, -0.15) is 26.3 Å². The van der Waals surface area contributed by atoms with Crippen molar-refractivity contribution in [3.63, 3.8) is 0 Å². The van der Waals surface area contributed by atoms with Crippen LogP contribution in [-0.4, -0.2) is 53.3 Å². The van der Waals surface area contributed by atoms with Gasteiger partial charge in [0.25, 0.3) is 0 Å². The fourth-order valence-corrected chi connectivity index (χ4v) is 0.624. The molecule has 0 bridgehead atoms. The van der Waals surface area contributed by atoms with Crippen molar-refractivity contribution >= 4 is 12.3 Å². The summed E-state index contributed by atoms with van der Waals surface area (Å²) in [5, 5.41) is 13.9. The van der Waals surface area contributed by atoms with Crippen LogP contribution < -0.4 is 0 Å². The van der Waals surface area contributed by atoms with Crippen LogP contribution in [0.1, 0.15) is 0 Å². The molecule has 2 aliphatic rings. The van der Waals surface area contributed by atoms with Crippen LogP contribution in [0.25, 0.3) is 0 Å². The number of hydrogen-bond acceptors (Lipinski definition) is 4. The molecule has 2 unspecified atom stereocenters. The Kier molecular flexibility index (Phi) is 8.31. The van der Waals surface area contributed by atoms with E-state index in [4.69, 9.17) is 15.0 Å². The summed E-state index contributed by atoms with van der Waals surface area (Å²) in [6.07, 6.45) is -10.9. The van der Waals surface area contributed by atoms with E-state index in [1.54, 1.807) is 0 Å². The van der Waals surface area contributed by atoms with Crippen molar-refractivity contribution in [1.29, 1.82) is 0 Å². The molecule has 0 spiro atoms. The summed E-state index contributed by atoms with van der Waals surface area (Å²) < 4.78 is 86.3. The molecule has 0 aromatic carbocycles. The Labute approximate surface area is 117 Å². The lowest BCUT2D eigenvalue weighted by atomic mass is 10.7. The summed E-state index contributed by atoms with van der Waals surface area (Å²) in [6.45, 7) is 6.00. The highest BCUT2D eigenvalue weighted by molar-refractivity contribution is 5.61. The van der Waals surface area contributed by atoms with Crippen LogP contribution in [0.15, 0.2) is 13.2 Å². The lowest BCUT2D eigenvalue weighted by Gasteiger charge is -1.92. The Morgan fingerprint density at radius 3 is 1.18 bits per heavy atom. The quantitative estimate of drug-likeness (QED) is 0.397. The monoisotopic (exact) mass is 346 g/mol. The first-order valence-corrected chi connectivity index (χ1v) is 4.81. The zero-order chi connectivity index (χ0) is 18.3. The second-order valence-corrected chi connectivity index (χ2v) is 3.08. The van der Waals surface area contributed by atoms with E-state index >= 15 is 0 Å². The predicted molar refractivity (Wildman–Crippen MR) is 54.1 cm³/mol. The summed E-state index contributed by atoms with van der Waals surface area (Å²) >= 11 is 0. The van der Waals surface area contributed by atoms with Crippen molar-refractivity contribution in [3.8, 4) is 0 Å². The summed E-state index contributed by atoms with van der Waals surface area (Å²) in [7, 11) is 0. The maximum absolute atomic E-state index is 11.6. The third kappa shape index (κ3) is 6.05. The van der Waals surface area contributed by atoms with Gasteiger partial charge < -0.3 is 19.7 Å².